The first-order valence-corrected chi connectivity index (χ1v) is 7.05. The summed E-state index contributed by atoms with van der Waals surface area (Å²) < 4.78 is 4.67. The monoisotopic (exact) mass is 278 g/mol. The van der Waals surface area contributed by atoms with Crippen LogP contribution in [0.1, 0.15) is 36.1 Å². The van der Waals surface area contributed by atoms with Crippen LogP contribution in [-0.2, 0) is 4.74 Å². The highest BCUT2D eigenvalue weighted by molar-refractivity contribution is 5.85. The van der Waals surface area contributed by atoms with E-state index in [1.807, 2.05) is 13.0 Å². The number of hydrogen-bond acceptors (Lipinski definition) is 6. The third-order valence-electron chi connectivity index (χ3n) is 3.53. The number of aryl methyl sites for hydroxylation is 1. The van der Waals surface area contributed by atoms with Crippen molar-refractivity contribution in [3.8, 4) is 0 Å². The second-order valence-electron chi connectivity index (χ2n) is 5.09. The van der Waals surface area contributed by atoms with Gasteiger partial charge in [0.05, 0.1) is 7.11 Å². The van der Waals surface area contributed by atoms with E-state index in [2.05, 4.69) is 31.8 Å². The molecule has 0 bridgehead atoms. The number of likely N-dealkylation sites (N-methyl/N-ethyl adjacent to an activating group) is 1. The molecule has 1 fully saturated rings. The Kier molecular flexibility index (Phi) is 4.89. The van der Waals surface area contributed by atoms with Crippen molar-refractivity contribution >= 4 is 11.8 Å². The van der Waals surface area contributed by atoms with E-state index in [4.69, 9.17) is 0 Å². The average molecular weight is 278 g/mol. The molecule has 110 valence electrons. The predicted molar refractivity (Wildman–Crippen MR) is 76.9 cm³/mol. The number of ether oxygens (including phenoxy) is 1. The van der Waals surface area contributed by atoms with Crippen molar-refractivity contribution in [3.05, 3.63) is 17.6 Å². The van der Waals surface area contributed by atoms with Crippen molar-refractivity contribution in [1.82, 2.24) is 14.9 Å². The Hall–Kier alpha value is -1.69. The Morgan fingerprint density at radius 3 is 3.05 bits per heavy atom. The van der Waals surface area contributed by atoms with Crippen molar-refractivity contribution in [2.24, 2.45) is 0 Å². The Morgan fingerprint density at radius 2 is 2.35 bits per heavy atom. The summed E-state index contributed by atoms with van der Waals surface area (Å²) in [6, 6.07) is 2.22. The van der Waals surface area contributed by atoms with E-state index in [1.54, 1.807) is 0 Å². The van der Waals surface area contributed by atoms with Crippen LogP contribution in [-0.4, -0.2) is 53.6 Å². The fourth-order valence-electron chi connectivity index (χ4n) is 2.49. The molecule has 0 spiro atoms. The van der Waals surface area contributed by atoms with E-state index in [-0.39, 0.29) is 5.82 Å². The van der Waals surface area contributed by atoms with Crippen LogP contribution >= 0.6 is 0 Å². The van der Waals surface area contributed by atoms with Gasteiger partial charge in [0.1, 0.15) is 5.82 Å². The largest absolute Gasteiger partial charge is 0.463 e. The van der Waals surface area contributed by atoms with E-state index in [0.717, 1.165) is 31.7 Å². The number of methoxy groups -OCH3 is 1. The van der Waals surface area contributed by atoms with E-state index in [0.29, 0.717) is 11.9 Å². The van der Waals surface area contributed by atoms with Crippen molar-refractivity contribution in [1.29, 1.82) is 0 Å². The Balaban J connectivity index is 2.08. The average Bonchev–Trinajstić information content (AvgIpc) is 2.46. The van der Waals surface area contributed by atoms with Gasteiger partial charge in [-0.3, -0.25) is 0 Å². The van der Waals surface area contributed by atoms with Crippen LogP contribution in [0.25, 0.3) is 0 Å². The molecule has 6 nitrogen and oxygen atoms in total. The lowest BCUT2D eigenvalue weighted by atomic mass is 10.1. The first kappa shape index (κ1) is 14.7. The van der Waals surface area contributed by atoms with Crippen molar-refractivity contribution in [3.63, 3.8) is 0 Å². The van der Waals surface area contributed by atoms with E-state index in [9.17, 15) is 4.79 Å². The number of nitrogens with one attached hydrogen (secondary N) is 1. The minimum absolute atomic E-state index is 0.109. The molecule has 1 atom stereocenters. The Bertz CT molecular complexity index is 478. The molecule has 0 radical (unpaired) electrons. The number of piperidine rings is 1. The number of likely N-dealkylation sites (tertiary alicyclic amines) is 1. The van der Waals surface area contributed by atoms with Gasteiger partial charge in [-0.25, -0.2) is 14.8 Å². The van der Waals surface area contributed by atoms with Gasteiger partial charge in [0, 0.05) is 24.3 Å². The maximum Gasteiger partial charge on any atom is 0.376 e. The van der Waals surface area contributed by atoms with Crippen LogP contribution in [0.4, 0.5) is 5.82 Å². The second kappa shape index (κ2) is 6.65. The molecular weight excluding hydrogens is 256 g/mol. The lowest BCUT2D eigenvalue weighted by Crippen LogP contribution is -2.42. The molecule has 0 saturated carbocycles. The molecule has 1 N–H and O–H groups in total. The molecule has 0 amide bonds. The molecule has 1 unspecified atom stereocenters. The molecule has 6 heteroatoms. The standard InChI is InChI=1S/C14H22N4O2/c1-4-18-7-5-6-11(9-18)16-12-8-10(2)15-13(17-12)14(19)20-3/h8,11H,4-7,9H2,1-3H3,(H,15,16,17). The van der Waals surface area contributed by atoms with Gasteiger partial charge in [-0.1, -0.05) is 6.92 Å². The van der Waals surface area contributed by atoms with Gasteiger partial charge < -0.3 is 15.0 Å². The quantitative estimate of drug-likeness (QED) is 0.841. The fourth-order valence-corrected chi connectivity index (χ4v) is 2.49. The zero-order chi connectivity index (χ0) is 14.5. The molecule has 20 heavy (non-hydrogen) atoms. The Morgan fingerprint density at radius 1 is 1.55 bits per heavy atom. The molecular formula is C14H22N4O2. The van der Waals surface area contributed by atoms with Crippen molar-refractivity contribution in [2.45, 2.75) is 32.7 Å². The summed E-state index contributed by atoms with van der Waals surface area (Å²) in [5.41, 5.74) is 0.756. The fraction of sp³-hybridized carbons (Fsp3) is 0.643. The number of rotatable bonds is 4. The zero-order valence-electron chi connectivity index (χ0n) is 12.3. The minimum Gasteiger partial charge on any atom is -0.463 e. The summed E-state index contributed by atoms with van der Waals surface area (Å²) in [7, 11) is 1.33. The van der Waals surface area contributed by atoms with Gasteiger partial charge in [-0.15, -0.1) is 0 Å². The summed E-state index contributed by atoms with van der Waals surface area (Å²) in [5, 5.41) is 3.40. The van der Waals surface area contributed by atoms with Crippen LogP contribution in [0.3, 0.4) is 0 Å². The summed E-state index contributed by atoms with van der Waals surface area (Å²) in [6.45, 7) is 7.25. The molecule has 0 aromatic carbocycles. The van der Waals surface area contributed by atoms with Crippen LogP contribution in [0, 0.1) is 6.92 Å². The number of hydrogen-bond donors (Lipinski definition) is 1. The van der Waals surface area contributed by atoms with Gasteiger partial charge >= 0.3 is 5.97 Å². The van der Waals surface area contributed by atoms with Crippen LogP contribution < -0.4 is 5.32 Å². The SMILES string of the molecule is CCN1CCCC(Nc2cc(C)nc(C(=O)OC)n2)C1. The van der Waals surface area contributed by atoms with Gasteiger partial charge in [0.15, 0.2) is 0 Å². The van der Waals surface area contributed by atoms with Crippen LogP contribution in [0.15, 0.2) is 6.07 Å². The molecule has 1 aromatic heterocycles. The number of carbonyl (C=O) groups is 1. The zero-order valence-corrected chi connectivity index (χ0v) is 12.3. The molecule has 2 rings (SSSR count). The smallest absolute Gasteiger partial charge is 0.376 e. The first-order valence-electron chi connectivity index (χ1n) is 7.05. The third-order valence-corrected chi connectivity index (χ3v) is 3.53. The highest BCUT2D eigenvalue weighted by Crippen LogP contribution is 2.15. The maximum absolute atomic E-state index is 11.5. The number of anilines is 1. The van der Waals surface area contributed by atoms with E-state index >= 15 is 0 Å². The predicted octanol–water partition coefficient (Wildman–Crippen LogP) is 1.47. The molecule has 1 aliphatic rings. The molecule has 1 aromatic rings. The molecule has 2 heterocycles. The summed E-state index contributed by atoms with van der Waals surface area (Å²) in [4.78, 5) is 22.3. The van der Waals surface area contributed by atoms with Gasteiger partial charge in [-0.05, 0) is 32.9 Å². The normalized spacial score (nSPS) is 19.6. The van der Waals surface area contributed by atoms with Crippen LogP contribution in [0.2, 0.25) is 0 Å². The maximum atomic E-state index is 11.5. The number of nitrogens with zero attached hydrogens (tertiary/aromatic N) is 3. The van der Waals surface area contributed by atoms with E-state index in [1.165, 1.54) is 13.5 Å². The van der Waals surface area contributed by atoms with Gasteiger partial charge in [-0.2, -0.15) is 0 Å². The summed E-state index contributed by atoms with van der Waals surface area (Å²) in [5.74, 6) is 0.301. The summed E-state index contributed by atoms with van der Waals surface area (Å²) in [6.07, 6.45) is 2.30. The molecule has 1 saturated heterocycles. The second-order valence-corrected chi connectivity index (χ2v) is 5.09. The van der Waals surface area contributed by atoms with Crippen LogP contribution in [0.5, 0.6) is 0 Å². The highest BCUT2D eigenvalue weighted by atomic mass is 16.5. The number of esters is 1. The van der Waals surface area contributed by atoms with Gasteiger partial charge in [0.2, 0.25) is 5.82 Å². The van der Waals surface area contributed by atoms with Crippen molar-refractivity contribution < 1.29 is 9.53 Å². The first-order chi connectivity index (χ1) is 9.62. The lowest BCUT2D eigenvalue weighted by molar-refractivity contribution is 0.0586. The van der Waals surface area contributed by atoms with E-state index < -0.39 is 5.97 Å². The van der Waals surface area contributed by atoms with Crippen molar-refractivity contribution in [2.75, 3.05) is 32.1 Å². The summed E-state index contributed by atoms with van der Waals surface area (Å²) >= 11 is 0. The van der Waals surface area contributed by atoms with Gasteiger partial charge in [0.25, 0.3) is 0 Å². The molecule has 1 aliphatic heterocycles. The topological polar surface area (TPSA) is 67.4 Å². The third kappa shape index (κ3) is 3.66. The lowest BCUT2D eigenvalue weighted by Gasteiger charge is -2.32. The number of carbonyl (C=O) groups excluding carboxylic acids is 1. The highest BCUT2D eigenvalue weighted by Gasteiger charge is 2.20. The number of aromatic nitrogens is 2. The minimum atomic E-state index is -0.504. The molecule has 0 aliphatic carbocycles. The Labute approximate surface area is 119 Å².